The molecule has 0 bridgehead atoms. The van der Waals surface area contributed by atoms with Gasteiger partial charge in [-0.15, -0.1) is 23.2 Å². The van der Waals surface area contributed by atoms with Crippen molar-refractivity contribution in [2.45, 2.75) is 13.5 Å². The van der Waals surface area contributed by atoms with E-state index in [0.717, 1.165) is 5.56 Å². The van der Waals surface area contributed by atoms with Crippen LogP contribution in [0, 0.1) is 10.1 Å². The number of alkyl halides is 2. The minimum atomic E-state index is -0.606. The molecule has 0 atom stereocenters. The number of Topliss-reactive ketones (excluding diaryl/α,β-unsaturated/α-hetero) is 1. The van der Waals surface area contributed by atoms with Gasteiger partial charge in [0.05, 0.1) is 29.0 Å². The van der Waals surface area contributed by atoms with Gasteiger partial charge in [0.25, 0.3) is 5.69 Å². The van der Waals surface area contributed by atoms with E-state index in [4.69, 9.17) is 32.7 Å². The molecule has 2 aromatic rings. The van der Waals surface area contributed by atoms with Gasteiger partial charge in [0.15, 0.2) is 17.3 Å². The van der Waals surface area contributed by atoms with Crippen LogP contribution in [0.5, 0.6) is 11.5 Å². The van der Waals surface area contributed by atoms with Crippen molar-refractivity contribution >= 4 is 34.7 Å². The zero-order valence-corrected chi connectivity index (χ0v) is 15.2. The van der Waals surface area contributed by atoms with E-state index in [-0.39, 0.29) is 34.7 Å². The number of carbonyl (C=O) groups excluding carboxylic acids is 1. The van der Waals surface area contributed by atoms with Crippen LogP contribution in [-0.4, -0.2) is 23.2 Å². The van der Waals surface area contributed by atoms with Crippen molar-refractivity contribution in [3.63, 3.8) is 0 Å². The van der Waals surface area contributed by atoms with E-state index in [0.29, 0.717) is 0 Å². The summed E-state index contributed by atoms with van der Waals surface area (Å²) in [6.07, 6.45) is 0. The number of ether oxygens (including phenoxy) is 2. The van der Waals surface area contributed by atoms with Crippen LogP contribution in [0.3, 0.4) is 0 Å². The summed E-state index contributed by atoms with van der Waals surface area (Å²) in [6, 6.07) is 11.9. The molecule has 0 amide bonds. The highest BCUT2D eigenvalue weighted by molar-refractivity contribution is 6.40. The molecular weight excluding hydrogens is 369 g/mol. The molecule has 0 N–H and O–H groups in total. The van der Waals surface area contributed by atoms with Crippen molar-refractivity contribution in [2.75, 3.05) is 12.4 Å². The van der Waals surface area contributed by atoms with Crippen molar-refractivity contribution in [2.24, 2.45) is 0 Å². The maximum Gasteiger partial charge on any atom is 0.284 e. The zero-order chi connectivity index (χ0) is 18.8. The minimum absolute atomic E-state index is 0.00564. The molecule has 0 aliphatic rings. The largest absolute Gasteiger partial charge is 0.493 e. The first-order valence-corrected chi connectivity index (χ1v) is 8.17. The van der Waals surface area contributed by atoms with Gasteiger partial charge in [-0.2, -0.15) is 0 Å². The number of hydrogen-bond donors (Lipinski definition) is 0. The molecule has 6 nitrogen and oxygen atoms in total. The number of carbonyl (C=O) groups is 1. The zero-order valence-electron chi connectivity index (χ0n) is 13.7. The van der Waals surface area contributed by atoms with Crippen LogP contribution in [0.15, 0.2) is 42.5 Å². The van der Waals surface area contributed by atoms with E-state index in [1.54, 1.807) is 0 Å². The molecule has 0 radical (unpaired) electrons. The minimum Gasteiger partial charge on any atom is -0.493 e. The Morgan fingerprint density at radius 3 is 2.24 bits per heavy atom. The number of ketones is 1. The normalized spacial score (nSPS) is 9.60. The Balaban J connectivity index is 0.000000970. The van der Waals surface area contributed by atoms with Crippen LogP contribution in [0.4, 0.5) is 5.69 Å². The molecule has 0 aromatic heterocycles. The number of nitro benzene ring substituents is 1. The number of nitrogens with zero attached hydrogens (tertiary/aromatic N) is 1. The van der Waals surface area contributed by atoms with Crippen molar-refractivity contribution in [1.29, 1.82) is 0 Å². The van der Waals surface area contributed by atoms with E-state index in [2.05, 4.69) is 0 Å². The van der Waals surface area contributed by atoms with Crippen molar-refractivity contribution in [1.82, 2.24) is 0 Å². The lowest BCUT2D eigenvalue weighted by molar-refractivity contribution is -0.385. The third kappa shape index (κ3) is 6.25. The van der Waals surface area contributed by atoms with Gasteiger partial charge >= 0.3 is 0 Å². The van der Waals surface area contributed by atoms with Gasteiger partial charge in [0.1, 0.15) is 6.61 Å². The fourth-order valence-electron chi connectivity index (χ4n) is 1.99. The van der Waals surface area contributed by atoms with E-state index in [1.165, 1.54) is 26.2 Å². The first kappa shape index (κ1) is 20.7. The quantitative estimate of drug-likeness (QED) is 0.308. The maximum atomic E-state index is 11.5. The molecule has 8 heteroatoms. The fourth-order valence-corrected chi connectivity index (χ4v) is 1.99. The lowest BCUT2D eigenvalue weighted by Gasteiger charge is -2.12. The molecule has 0 aliphatic heterocycles. The standard InChI is InChI=1S/C16H15NO5.CH2Cl2/c1-11(18)13-8-15(21-2)16(9-14(13)17(19)20)22-10-12-6-4-3-5-7-12;2-1-3/h3-9H,10H2,1-2H3;1H2. The smallest absolute Gasteiger partial charge is 0.284 e. The molecule has 0 saturated carbocycles. The van der Waals surface area contributed by atoms with Crippen molar-refractivity contribution < 1.29 is 19.2 Å². The van der Waals surface area contributed by atoms with Crippen LogP contribution in [-0.2, 0) is 6.61 Å². The SMILES string of the molecule is COc1cc(C(C)=O)c([N+](=O)[O-])cc1OCc1ccccc1.ClCCl. The molecule has 25 heavy (non-hydrogen) atoms. The number of benzene rings is 2. The molecular formula is C17H17Cl2NO5. The molecule has 134 valence electrons. The molecule has 0 fully saturated rings. The maximum absolute atomic E-state index is 11.5. The Morgan fingerprint density at radius 2 is 1.76 bits per heavy atom. The summed E-state index contributed by atoms with van der Waals surface area (Å²) in [5, 5.41) is 11.3. The monoisotopic (exact) mass is 385 g/mol. The Labute approximate surface area is 155 Å². The van der Waals surface area contributed by atoms with Gasteiger partial charge in [-0.25, -0.2) is 0 Å². The van der Waals surface area contributed by atoms with E-state index >= 15 is 0 Å². The van der Waals surface area contributed by atoms with Crippen LogP contribution < -0.4 is 9.47 Å². The van der Waals surface area contributed by atoms with Gasteiger partial charge < -0.3 is 9.47 Å². The highest BCUT2D eigenvalue weighted by Gasteiger charge is 2.22. The molecule has 0 aliphatic carbocycles. The van der Waals surface area contributed by atoms with Crippen LogP contribution >= 0.6 is 23.2 Å². The van der Waals surface area contributed by atoms with E-state index in [9.17, 15) is 14.9 Å². The Hall–Kier alpha value is -2.31. The summed E-state index contributed by atoms with van der Waals surface area (Å²) in [7, 11) is 1.42. The number of halogens is 2. The highest BCUT2D eigenvalue weighted by Crippen LogP contribution is 2.35. The van der Waals surface area contributed by atoms with Crippen LogP contribution in [0.25, 0.3) is 0 Å². The Kier molecular flexibility index (Phi) is 8.74. The highest BCUT2D eigenvalue weighted by atomic mass is 35.5. The number of methoxy groups -OCH3 is 1. The summed E-state index contributed by atoms with van der Waals surface area (Å²) in [4.78, 5) is 22.0. The van der Waals surface area contributed by atoms with Crippen molar-refractivity contribution in [3.05, 3.63) is 63.7 Å². The Morgan fingerprint density at radius 1 is 1.16 bits per heavy atom. The number of rotatable bonds is 6. The first-order chi connectivity index (χ1) is 11.9. The lowest BCUT2D eigenvalue weighted by Crippen LogP contribution is -2.04. The van der Waals surface area contributed by atoms with Gasteiger partial charge in [-0.3, -0.25) is 14.9 Å². The molecule has 0 unspecified atom stereocenters. The molecule has 0 heterocycles. The second-order valence-corrected chi connectivity index (χ2v) is 5.52. The van der Waals surface area contributed by atoms with Gasteiger partial charge in [0, 0.05) is 6.07 Å². The summed E-state index contributed by atoms with van der Waals surface area (Å²) in [5.41, 5.74) is 0.619. The van der Waals surface area contributed by atoms with E-state index < -0.39 is 10.7 Å². The fraction of sp³-hybridized carbons (Fsp3) is 0.235. The average Bonchev–Trinajstić information content (AvgIpc) is 2.60. The van der Waals surface area contributed by atoms with Gasteiger partial charge in [-0.1, -0.05) is 30.3 Å². The summed E-state index contributed by atoms with van der Waals surface area (Å²) >= 11 is 9.53. The molecule has 0 saturated heterocycles. The summed E-state index contributed by atoms with van der Waals surface area (Å²) in [5.74, 6) is 0.106. The van der Waals surface area contributed by atoms with Gasteiger partial charge in [0.2, 0.25) is 0 Å². The first-order valence-electron chi connectivity index (χ1n) is 7.10. The van der Waals surface area contributed by atoms with Gasteiger partial charge in [-0.05, 0) is 12.5 Å². The average molecular weight is 386 g/mol. The third-order valence-corrected chi connectivity index (χ3v) is 3.10. The summed E-state index contributed by atoms with van der Waals surface area (Å²) < 4.78 is 10.8. The van der Waals surface area contributed by atoms with Crippen LogP contribution in [0.2, 0.25) is 0 Å². The topological polar surface area (TPSA) is 78.7 Å². The predicted molar refractivity (Wildman–Crippen MR) is 97.0 cm³/mol. The predicted octanol–water partition coefficient (Wildman–Crippen LogP) is 4.81. The van der Waals surface area contributed by atoms with Crippen molar-refractivity contribution in [3.8, 4) is 11.5 Å². The summed E-state index contributed by atoms with van der Waals surface area (Å²) in [6.45, 7) is 1.51. The van der Waals surface area contributed by atoms with E-state index in [1.807, 2.05) is 30.3 Å². The number of nitro groups is 1. The second-order valence-electron chi connectivity index (χ2n) is 4.71. The molecule has 2 aromatic carbocycles. The number of hydrogen-bond acceptors (Lipinski definition) is 5. The lowest BCUT2D eigenvalue weighted by atomic mass is 10.1. The molecule has 0 spiro atoms. The molecule has 2 rings (SSSR count). The Bertz CT molecular complexity index is 722. The third-order valence-electron chi connectivity index (χ3n) is 3.10. The van der Waals surface area contributed by atoms with Crippen LogP contribution in [0.1, 0.15) is 22.8 Å². The second kappa shape index (κ2) is 10.5.